The Morgan fingerprint density at radius 3 is 2.50 bits per heavy atom. The highest BCUT2D eigenvalue weighted by molar-refractivity contribution is 7.26. The average molecular weight is 274 g/mol. The van der Waals surface area contributed by atoms with E-state index < -0.39 is 0 Å². The second-order valence-corrected chi connectivity index (χ2v) is 6.07. The minimum Gasteiger partial charge on any atom is -0.454 e. The van der Waals surface area contributed by atoms with Crippen LogP contribution < -0.4 is 0 Å². The quantitative estimate of drug-likeness (QED) is 0.340. The number of furan rings is 1. The first kappa shape index (κ1) is 10.5. The van der Waals surface area contributed by atoms with Crippen molar-refractivity contribution in [2.24, 2.45) is 0 Å². The third-order valence-electron chi connectivity index (χ3n) is 3.88. The van der Waals surface area contributed by atoms with Gasteiger partial charge in [-0.25, -0.2) is 0 Å². The number of hydrogen-bond acceptors (Lipinski definition) is 2. The maximum Gasteiger partial charge on any atom is 0.154 e. The molecule has 2 aromatic heterocycles. The van der Waals surface area contributed by atoms with Gasteiger partial charge in [-0.05, 0) is 29.0 Å². The van der Waals surface area contributed by atoms with Crippen molar-refractivity contribution in [1.82, 2.24) is 0 Å². The van der Waals surface area contributed by atoms with Gasteiger partial charge < -0.3 is 4.42 Å². The highest BCUT2D eigenvalue weighted by Gasteiger charge is 2.15. The van der Waals surface area contributed by atoms with Crippen molar-refractivity contribution >= 4 is 53.4 Å². The Kier molecular flexibility index (Phi) is 1.89. The molecule has 94 valence electrons. The van der Waals surface area contributed by atoms with Crippen LogP contribution in [0.1, 0.15) is 0 Å². The lowest BCUT2D eigenvalue weighted by Crippen LogP contribution is -1.72. The second kappa shape index (κ2) is 3.62. The molecule has 0 aliphatic rings. The van der Waals surface area contributed by atoms with Crippen molar-refractivity contribution in [3.8, 4) is 0 Å². The standard InChI is InChI=1S/C18H10OS/c1-2-6-12-11(5-1)9-10-14-16(12)18-17(19-14)13-7-3-4-8-15(13)20-18/h1-10H. The first-order chi connectivity index (χ1) is 9.92. The van der Waals surface area contributed by atoms with Crippen LogP contribution in [0.3, 0.4) is 0 Å². The van der Waals surface area contributed by atoms with E-state index in [1.807, 2.05) is 11.3 Å². The molecule has 0 radical (unpaired) electrons. The fourth-order valence-electron chi connectivity index (χ4n) is 2.97. The number of thiophene rings is 1. The Bertz CT molecular complexity index is 1100. The predicted octanol–water partition coefficient (Wildman–Crippen LogP) is 5.95. The fourth-order valence-corrected chi connectivity index (χ4v) is 4.16. The summed E-state index contributed by atoms with van der Waals surface area (Å²) in [5.74, 6) is 0. The Morgan fingerprint density at radius 2 is 1.55 bits per heavy atom. The van der Waals surface area contributed by atoms with Crippen molar-refractivity contribution in [1.29, 1.82) is 0 Å². The molecule has 0 amide bonds. The summed E-state index contributed by atoms with van der Waals surface area (Å²) in [7, 11) is 0. The third kappa shape index (κ3) is 1.22. The molecule has 20 heavy (non-hydrogen) atoms. The van der Waals surface area contributed by atoms with Gasteiger partial charge in [-0.15, -0.1) is 11.3 Å². The number of hydrogen-bond donors (Lipinski definition) is 0. The van der Waals surface area contributed by atoms with E-state index in [9.17, 15) is 0 Å². The number of fused-ring (bicyclic) bond motifs is 7. The van der Waals surface area contributed by atoms with Gasteiger partial charge in [0.25, 0.3) is 0 Å². The third-order valence-corrected chi connectivity index (χ3v) is 5.05. The maximum atomic E-state index is 6.12. The molecule has 2 heteroatoms. The lowest BCUT2D eigenvalue weighted by atomic mass is 10.1. The zero-order chi connectivity index (χ0) is 13.1. The first-order valence-electron chi connectivity index (χ1n) is 6.63. The molecule has 0 fully saturated rings. The minimum atomic E-state index is 0.982. The van der Waals surface area contributed by atoms with E-state index in [-0.39, 0.29) is 0 Å². The van der Waals surface area contributed by atoms with Crippen LogP contribution in [0.15, 0.2) is 65.1 Å². The second-order valence-electron chi connectivity index (χ2n) is 5.02. The van der Waals surface area contributed by atoms with Gasteiger partial charge in [0.05, 0.1) is 4.70 Å². The Hall–Kier alpha value is -2.32. The van der Waals surface area contributed by atoms with E-state index in [0.717, 1.165) is 11.2 Å². The van der Waals surface area contributed by atoms with Crippen molar-refractivity contribution < 1.29 is 4.42 Å². The Labute approximate surface area is 119 Å². The minimum absolute atomic E-state index is 0.982. The smallest absolute Gasteiger partial charge is 0.154 e. The zero-order valence-electron chi connectivity index (χ0n) is 10.6. The van der Waals surface area contributed by atoms with Gasteiger partial charge in [0.15, 0.2) is 5.58 Å². The highest BCUT2D eigenvalue weighted by Crippen LogP contribution is 2.42. The fraction of sp³-hybridized carbons (Fsp3) is 0. The summed E-state index contributed by atoms with van der Waals surface area (Å²) in [6.07, 6.45) is 0. The molecule has 0 atom stereocenters. The predicted molar refractivity (Wildman–Crippen MR) is 86.6 cm³/mol. The summed E-state index contributed by atoms with van der Waals surface area (Å²) in [6.45, 7) is 0. The largest absolute Gasteiger partial charge is 0.454 e. The van der Waals surface area contributed by atoms with Crippen LogP contribution >= 0.6 is 11.3 Å². The molecule has 0 spiro atoms. The Balaban J connectivity index is 2.13. The van der Waals surface area contributed by atoms with Gasteiger partial charge in [-0.3, -0.25) is 0 Å². The first-order valence-corrected chi connectivity index (χ1v) is 7.45. The van der Waals surface area contributed by atoms with Crippen molar-refractivity contribution in [3.05, 3.63) is 60.7 Å². The summed E-state index contributed by atoms with van der Waals surface area (Å²) in [4.78, 5) is 0. The van der Waals surface area contributed by atoms with Crippen molar-refractivity contribution in [3.63, 3.8) is 0 Å². The van der Waals surface area contributed by atoms with Crippen LogP contribution in [0.2, 0.25) is 0 Å². The molecule has 0 aliphatic carbocycles. The number of rotatable bonds is 0. The summed E-state index contributed by atoms with van der Waals surface area (Å²) in [5.41, 5.74) is 2.01. The molecule has 0 aliphatic heterocycles. The molecule has 5 rings (SSSR count). The van der Waals surface area contributed by atoms with Crippen LogP contribution in [0.25, 0.3) is 42.1 Å². The molecule has 0 saturated heterocycles. The lowest BCUT2D eigenvalue weighted by molar-refractivity contribution is 0.673. The molecule has 2 heterocycles. The van der Waals surface area contributed by atoms with Crippen LogP contribution in [0.5, 0.6) is 0 Å². The monoisotopic (exact) mass is 274 g/mol. The summed E-state index contributed by atoms with van der Waals surface area (Å²) in [6, 6.07) is 21.2. The van der Waals surface area contributed by atoms with Crippen molar-refractivity contribution in [2.45, 2.75) is 0 Å². The van der Waals surface area contributed by atoms with Gasteiger partial charge in [0.1, 0.15) is 5.58 Å². The van der Waals surface area contributed by atoms with Crippen LogP contribution in [0, 0.1) is 0 Å². The van der Waals surface area contributed by atoms with Crippen LogP contribution in [-0.4, -0.2) is 0 Å². The van der Waals surface area contributed by atoms with E-state index in [2.05, 4.69) is 60.7 Å². The summed E-state index contributed by atoms with van der Waals surface area (Å²) in [5, 5.41) is 5.00. The highest BCUT2D eigenvalue weighted by atomic mass is 32.1. The van der Waals surface area contributed by atoms with Crippen LogP contribution in [-0.2, 0) is 0 Å². The van der Waals surface area contributed by atoms with E-state index >= 15 is 0 Å². The molecular formula is C18H10OS. The topological polar surface area (TPSA) is 13.1 Å². The average Bonchev–Trinajstić information content (AvgIpc) is 3.03. The number of benzene rings is 3. The lowest BCUT2D eigenvalue weighted by Gasteiger charge is -1.97. The SMILES string of the molecule is c1ccc2c(c1)ccc1oc3c4ccccc4sc3c12. The van der Waals surface area contributed by atoms with Crippen molar-refractivity contribution in [2.75, 3.05) is 0 Å². The summed E-state index contributed by atoms with van der Waals surface area (Å²) >= 11 is 1.82. The molecule has 1 nitrogen and oxygen atoms in total. The molecule has 0 saturated carbocycles. The molecule has 0 bridgehead atoms. The molecule has 3 aromatic carbocycles. The van der Waals surface area contributed by atoms with Gasteiger partial charge in [0.2, 0.25) is 0 Å². The van der Waals surface area contributed by atoms with Gasteiger partial charge in [-0.2, -0.15) is 0 Å². The van der Waals surface area contributed by atoms with E-state index in [0.29, 0.717) is 0 Å². The van der Waals surface area contributed by atoms with E-state index in [1.165, 1.54) is 30.9 Å². The van der Waals surface area contributed by atoms with Gasteiger partial charge >= 0.3 is 0 Å². The summed E-state index contributed by atoms with van der Waals surface area (Å²) < 4.78 is 8.67. The van der Waals surface area contributed by atoms with E-state index in [4.69, 9.17) is 4.42 Å². The molecular weight excluding hydrogens is 264 g/mol. The normalized spacial score (nSPS) is 12.0. The maximum absolute atomic E-state index is 6.12. The molecule has 0 unspecified atom stereocenters. The zero-order valence-corrected chi connectivity index (χ0v) is 11.4. The van der Waals surface area contributed by atoms with Gasteiger partial charge in [0, 0.05) is 15.5 Å². The molecule has 5 aromatic rings. The van der Waals surface area contributed by atoms with E-state index in [1.54, 1.807) is 0 Å². The van der Waals surface area contributed by atoms with Gasteiger partial charge in [-0.1, -0.05) is 42.5 Å². The molecule has 0 N–H and O–H groups in total. The van der Waals surface area contributed by atoms with Crippen LogP contribution in [0.4, 0.5) is 0 Å². The Morgan fingerprint density at radius 1 is 0.750 bits per heavy atom.